The first-order valence-electron chi connectivity index (χ1n) is 4.65. The maximum absolute atomic E-state index is 3.99. The Morgan fingerprint density at radius 3 is 2.64 bits per heavy atom. The van der Waals surface area contributed by atoms with Crippen molar-refractivity contribution in [2.75, 3.05) is 7.05 Å². The third kappa shape index (κ3) is 2.46. The van der Waals surface area contributed by atoms with Crippen molar-refractivity contribution in [2.45, 2.75) is 19.9 Å². The minimum absolute atomic E-state index is 0.226. The smallest absolute Gasteiger partial charge is 0.0539 e. The van der Waals surface area contributed by atoms with Crippen molar-refractivity contribution in [3.05, 3.63) is 46.0 Å². The molecule has 0 bridgehead atoms. The lowest BCUT2D eigenvalue weighted by molar-refractivity contribution is 0.676. The number of hydrogen-bond donors (Lipinski definition) is 1. The molecule has 0 saturated heterocycles. The summed E-state index contributed by atoms with van der Waals surface area (Å²) in [6, 6.07) is 6.58. The van der Waals surface area contributed by atoms with Crippen LogP contribution >= 0.6 is 15.9 Å². The summed E-state index contributed by atoms with van der Waals surface area (Å²) in [6.45, 7) is 8.13. The van der Waals surface area contributed by atoms with Gasteiger partial charge in [0.1, 0.15) is 0 Å². The Morgan fingerprint density at radius 1 is 1.50 bits per heavy atom. The Bertz CT molecular complexity index is 344. The molecule has 0 aliphatic heterocycles. The SMILES string of the molecule is C=C(C)C(NC)c1cc(C)ccc1Br. The molecule has 0 aromatic heterocycles. The molecule has 1 aromatic rings. The summed E-state index contributed by atoms with van der Waals surface area (Å²) < 4.78 is 1.13. The first-order chi connectivity index (χ1) is 6.56. The molecule has 0 heterocycles. The molecule has 1 rings (SSSR count). The minimum atomic E-state index is 0.226. The van der Waals surface area contributed by atoms with Crippen molar-refractivity contribution in [2.24, 2.45) is 0 Å². The summed E-state index contributed by atoms with van der Waals surface area (Å²) in [4.78, 5) is 0. The Morgan fingerprint density at radius 2 is 2.14 bits per heavy atom. The summed E-state index contributed by atoms with van der Waals surface area (Å²) >= 11 is 3.56. The third-order valence-corrected chi connectivity index (χ3v) is 2.97. The molecule has 1 atom stereocenters. The summed E-state index contributed by atoms with van der Waals surface area (Å²) in [5.41, 5.74) is 3.64. The molecule has 1 nitrogen and oxygen atoms in total. The zero-order chi connectivity index (χ0) is 10.7. The summed E-state index contributed by atoms with van der Waals surface area (Å²) in [7, 11) is 1.95. The van der Waals surface area contributed by atoms with E-state index in [2.05, 4.69) is 52.9 Å². The molecular formula is C12H16BrN. The van der Waals surface area contributed by atoms with E-state index in [1.54, 1.807) is 0 Å². The van der Waals surface area contributed by atoms with Crippen LogP contribution in [0.25, 0.3) is 0 Å². The monoisotopic (exact) mass is 253 g/mol. The minimum Gasteiger partial charge on any atom is -0.310 e. The second-order valence-electron chi connectivity index (χ2n) is 3.59. The fraction of sp³-hybridized carbons (Fsp3) is 0.333. The van der Waals surface area contributed by atoms with E-state index in [4.69, 9.17) is 0 Å². The van der Waals surface area contributed by atoms with Crippen LogP contribution in [0.4, 0.5) is 0 Å². The molecule has 0 aliphatic rings. The van der Waals surface area contributed by atoms with Crippen molar-refractivity contribution >= 4 is 15.9 Å². The van der Waals surface area contributed by atoms with Gasteiger partial charge in [-0.2, -0.15) is 0 Å². The van der Waals surface area contributed by atoms with E-state index in [1.807, 2.05) is 14.0 Å². The van der Waals surface area contributed by atoms with Gasteiger partial charge < -0.3 is 5.32 Å². The predicted octanol–water partition coefficient (Wildman–Crippen LogP) is 3.59. The molecule has 0 fully saturated rings. The molecule has 76 valence electrons. The fourth-order valence-electron chi connectivity index (χ4n) is 1.55. The summed E-state index contributed by atoms with van der Waals surface area (Å²) in [5.74, 6) is 0. The Kier molecular flexibility index (Phi) is 3.90. The molecule has 0 amide bonds. The summed E-state index contributed by atoms with van der Waals surface area (Å²) in [5, 5.41) is 3.26. The number of rotatable bonds is 3. The van der Waals surface area contributed by atoms with Gasteiger partial charge in [0.2, 0.25) is 0 Å². The van der Waals surface area contributed by atoms with Gasteiger partial charge in [0.15, 0.2) is 0 Å². The van der Waals surface area contributed by atoms with Crippen LogP contribution in [-0.2, 0) is 0 Å². The standard InChI is InChI=1S/C12H16BrN/c1-8(2)12(14-4)10-7-9(3)5-6-11(10)13/h5-7,12,14H,1H2,2-4H3. The summed E-state index contributed by atoms with van der Waals surface area (Å²) in [6.07, 6.45) is 0. The highest BCUT2D eigenvalue weighted by molar-refractivity contribution is 9.10. The second kappa shape index (κ2) is 4.76. The Balaban J connectivity index is 3.15. The number of likely N-dealkylation sites (N-methyl/N-ethyl adjacent to an activating group) is 1. The van der Waals surface area contributed by atoms with Crippen molar-refractivity contribution in [1.29, 1.82) is 0 Å². The molecule has 2 heteroatoms. The zero-order valence-corrected chi connectivity index (χ0v) is 10.5. The van der Waals surface area contributed by atoms with E-state index >= 15 is 0 Å². The number of hydrogen-bond acceptors (Lipinski definition) is 1. The van der Waals surface area contributed by atoms with Crippen molar-refractivity contribution in [3.8, 4) is 0 Å². The van der Waals surface area contributed by atoms with Crippen molar-refractivity contribution in [1.82, 2.24) is 5.32 Å². The average molecular weight is 254 g/mol. The van der Waals surface area contributed by atoms with Crippen molar-refractivity contribution in [3.63, 3.8) is 0 Å². The van der Waals surface area contributed by atoms with Crippen LogP contribution in [0.3, 0.4) is 0 Å². The Labute approximate surface area is 94.3 Å². The van der Waals surface area contributed by atoms with Crippen LogP contribution in [0.1, 0.15) is 24.1 Å². The highest BCUT2D eigenvalue weighted by Gasteiger charge is 2.12. The third-order valence-electron chi connectivity index (χ3n) is 2.24. The molecule has 14 heavy (non-hydrogen) atoms. The van der Waals surface area contributed by atoms with Gasteiger partial charge in [0.05, 0.1) is 6.04 Å². The lowest BCUT2D eigenvalue weighted by Gasteiger charge is -2.18. The number of halogens is 1. The highest BCUT2D eigenvalue weighted by Crippen LogP contribution is 2.28. The zero-order valence-electron chi connectivity index (χ0n) is 8.89. The molecule has 1 N–H and O–H groups in total. The van der Waals surface area contributed by atoms with E-state index in [1.165, 1.54) is 11.1 Å². The first-order valence-corrected chi connectivity index (χ1v) is 5.44. The van der Waals surface area contributed by atoms with Crippen LogP contribution < -0.4 is 5.32 Å². The maximum atomic E-state index is 3.99. The average Bonchev–Trinajstić information content (AvgIpc) is 2.11. The van der Waals surface area contributed by atoms with Crippen LogP contribution in [0.15, 0.2) is 34.8 Å². The van der Waals surface area contributed by atoms with E-state index < -0.39 is 0 Å². The molecular weight excluding hydrogens is 238 g/mol. The number of aryl methyl sites for hydroxylation is 1. The van der Waals surface area contributed by atoms with Gasteiger partial charge in [-0.25, -0.2) is 0 Å². The van der Waals surface area contributed by atoms with E-state index in [0.717, 1.165) is 10.0 Å². The van der Waals surface area contributed by atoms with Gasteiger partial charge in [-0.15, -0.1) is 0 Å². The quantitative estimate of drug-likeness (QED) is 0.813. The molecule has 0 spiro atoms. The van der Waals surface area contributed by atoms with Crippen LogP contribution in [0, 0.1) is 6.92 Å². The molecule has 0 aliphatic carbocycles. The molecule has 0 saturated carbocycles. The Hall–Kier alpha value is -0.600. The molecule has 0 radical (unpaired) electrons. The van der Waals surface area contributed by atoms with Crippen LogP contribution in [0.5, 0.6) is 0 Å². The number of nitrogens with one attached hydrogen (secondary N) is 1. The molecule has 1 unspecified atom stereocenters. The molecule has 1 aromatic carbocycles. The largest absolute Gasteiger partial charge is 0.310 e. The van der Waals surface area contributed by atoms with Crippen LogP contribution in [-0.4, -0.2) is 7.05 Å². The predicted molar refractivity (Wildman–Crippen MR) is 65.5 cm³/mol. The van der Waals surface area contributed by atoms with Gasteiger partial charge in [0, 0.05) is 4.47 Å². The van der Waals surface area contributed by atoms with Crippen LogP contribution in [0.2, 0.25) is 0 Å². The first kappa shape index (κ1) is 11.5. The normalized spacial score (nSPS) is 12.6. The lowest BCUT2D eigenvalue weighted by Crippen LogP contribution is -2.17. The van der Waals surface area contributed by atoms with Gasteiger partial charge in [-0.1, -0.05) is 45.8 Å². The lowest BCUT2D eigenvalue weighted by atomic mass is 10.00. The van der Waals surface area contributed by atoms with Gasteiger partial charge in [0.25, 0.3) is 0 Å². The van der Waals surface area contributed by atoms with Crippen molar-refractivity contribution < 1.29 is 0 Å². The van der Waals surface area contributed by atoms with Gasteiger partial charge in [-0.3, -0.25) is 0 Å². The topological polar surface area (TPSA) is 12.0 Å². The van der Waals surface area contributed by atoms with Gasteiger partial charge >= 0.3 is 0 Å². The second-order valence-corrected chi connectivity index (χ2v) is 4.45. The van der Waals surface area contributed by atoms with E-state index in [-0.39, 0.29) is 6.04 Å². The van der Waals surface area contributed by atoms with E-state index in [0.29, 0.717) is 0 Å². The highest BCUT2D eigenvalue weighted by atomic mass is 79.9. The number of benzene rings is 1. The van der Waals surface area contributed by atoms with E-state index in [9.17, 15) is 0 Å². The maximum Gasteiger partial charge on any atom is 0.0539 e. The van der Waals surface area contributed by atoms with Gasteiger partial charge in [-0.05, 0) is 32.5 Å². The fourth-order valence-corrected chi connectivity index (χ4v) is 2.03.